The number of ether oxygens (including phenoxy) is 2. The monoisotopic (exact) mass is 251 g/mol. The quantitative estimate of drug-likeness (QED) is 0.796. The molecule has 2 atom stereocenters. The molecule has 0 bridgehead atoms. The Morgan fingerprint density at radius 3 is 3.11 bits per heavy atom. The zero-order chi connectivity index (χ0) is 12.6. The minimum atomic E-state index is -0.0659. The molecule has 5 nitrogen and oxygen atoms in total. The van der Waals surface area contributed by atoms with Gasteiger partial charge in [0.05, 0.1) is 18.1 Å². The highest BCUT2D eigenvalue weighted by Crippen LogP contribution is 2.37. The molecule has 0 N–H and O–H groups in total. The van der Waals surface area contributed by atoms with Crippen LogP contribution in [-0.4, -0.2) is 53.0 Å². The first-order valence-corrected chi connectivity index (χ1v) is 6.58. The summed E-state index contributed by atoms with van der Waals surface area (Å²) < 4.78 is 13.6. The number of nitrogens with zero attached hydrogens (tertiary/aromatic N) is 3. The predicted molar refractivity (Wildman–Crippen MR) is 67.2 cm³/mol. The number of aromatic nitrogens is 2. The first-order chi connectivity index (χ1) is 8.72. The summed E-state index contributed by atoms with van der Waals surface area (Å²) in [6, 6.07) is 0. The third kappa shape index (κ3) is 2.06. The smallest absolute Gasteiger partial charge is 0.108 e. The summed E-state index contributed by atoms with van der Waals surface area (Å²) in [6.07, 6.45) is 6.38. The number of aryl methyl sites for hydroxylation is 1. The Morgan fingerprint density at radius 1 is 1.61 bits per heavy atom. The third-order valence-corrected chi connectivity index (χ3v) is 4.06. The van der Waals surface area contributed by atoms with Crippen LogP contribution in [0.2, 0.25) is 0 Å². The van der Waals surface area contributed by atoms with Gasteiger partial charge in [-0.05, 0) is 12.8 Å². The summed E-state index contributed by atoms with van der Waals surface area (Å²) in [7, 11) is 3.79. The summed E-state index contributed by atoms with van der Waals surface area (Å²) in [5, 5.41) is 0. The standard InChI is InChI=1S/C13H21N3O2/c1-15-6-11(14-10-15)7-16-8-12(17-2)13(9-16)4-3-5-18-13/h6,10,12H,3-5,7-9H2,1-2H3/t12-,13-/m0/s1. The maximum Gasteiger partial charge on any atom is 0.108 e. The lowest BCUT2D eigenvalue weighted by molar-refractivity contribution is -0.0756. The van der Waals surface area contributed by atoms with Crippen LogP contribution in [0.15, 0.2) is 12.5 Å². The Hall–Kier alpha value is -0.910. The minimum absolute atomic E-state index is 0.0659. The van der Waals surface area contributed by atoms with Crippen molar-refractivity contribution in [3.63, 3.8) is 0 Å². The summed E-state index contributed by atoms with van der Waals surface area (Å²) in [5.74, 6) is 0. The number of hydrogen-bond donors (Lipinski definition) is 0. The molecule has 0 aromatic carbocycles. The van der Waals surface area contributed by atoms with Gasteiger partial charge in [-0.3, -0.25) is 4.90 Å². The van der Waals surface area contributed by atoms with Gasteiger partial charge in [0, 0.05) is 46.6 Å². The molecular formula is C13H21N3O2. The van der Waals surface area contributed by atoms with Crippen molar-refractivity contribution in [2.45, 2.75) is 31.1 Å². The Bertz CT molecular complexity index is 412. The Labute approximate surface area is 108 Å². The molecular weight excluding hydrogens is 230 g/mol. The van der Waals surface area contributed by atoms with Crippen molar-refractivity contribution < 1.29 is 9.47 Å². The van der Waals surface area contributed by atoms with Crippen LogP contribution in [0, 0.1) is 0 Å². The normalized spacial score (nSPS) is 32.7. The van der Waals surface area contributed by atoms with E-state index in [4.69, 9.17) is 9.47 Å². The fourth-order valence-corrected chi connectivity index (χ4v) is 3.23. The van der Waals surface area contributed by atoms with Crippen molar-refractivity contribution in [2.75, 3.05) is 26.8 Å². The molecule has 18 heavy (non-hydrogen) atoms. The van der Waals surface area contributed by atoms with Crippen molar-refractivity contribution in [1.29, 1.82) is 0 Å². The predicted octanol–water partition coefficient (Wildman–Crippen LogP) is 0.800. The van der Waals surface area contributed by atoms with Gasteiger partial charge in [-0.2, -0.15) is 0 Å². The van der Waals surface area contributed by atoms with Crippen molar-refractivity contribution in [3.05, 3.63) is 18.2 Å². The summed E-state index contributed by atoms with van der Waals surface area (Å²) >= 11 is 0. The van der Waals surface area contributed by atoms with E-state index in [1.165, 1.54) is 0 Å². The van der Waals surface area contributed by atoms with Gasteiger partial charge in [0.25, 0.3) is 0 Å². The number of rotatable bonds is 3. The molecule has 0 saturated carbocycles. The lowest BCUT2D eigenvalue weighted by Crippen LogP contribution is -2.41. The van der Waals surface area contributed by atoms with Gasteiger partial charge >= 0.3 is 0 Å². The van der Waals surface area contributed by atoms with Crippen LogP contribution in [0.5, 0.6) is 0 Å². The van der Waals surface area contributed by atoms with E-state index in [9.17, 15) is 0 Å². The second kappa shape index (κ2) is 4.64. The molecule has 1 aromatic heterocycles. The third-order valence-electron chi connectivity index (χ3n) is 4.06. The fourth-order valence-electron chi connectivity index (χ4n) is 3.23. The molecule has 1 aromatic rings. The van der Waals surface area contributed by atoms with Gasteiger partial charge in [-0.1, -0.05) is 0 Å². The summed E-state index contributed by atoms with van der Waals surface area (Å²) in [6.45, 7) is 3.65. The molecule has 3 heterocycles. The molecule has 1 spiro atoms. The number of methoxy groups -OCH3 is 1. The number of imidazole rings is 1. The molecule has 2 aliphatic heterocycles. The molecule has 0 unspecified atom stereocenters. The molecule has 0 aliphatic carbocycles. The maximum absolute atomic E-state index is 5.99. The van der Waals surface area contributed by atoms with Gasteiger partial charge in [0.2, 0.25) is 0 Å². The largest absolute Gasteiger partial charge is 0.377 e. The van der Waals surface area contributed by atoms with E-state index >= 15 is 0 Å². The van der Waals surface area contributed by atoms with Gasteiger partial charge in [0.1, 0.15) is 5.60 Å². The average Bonchev–Trinajstić information content (AvgIpc) is 3.03. The molecule has 0 amide bonds. The minimum Gasteiger partial charge on any atom is -0.377 e. The number of hydrogen-bond acceptors (Lipinski definition) is 4. The van der Waals surface area contributed by atoms with E-state index in [-0.39, 0.29) is 11.7 Å². The van der Waals surface area contributed by atoms with Crippen LogP contribution < -0.4 is 0 Å². The zero-order valence-corrected chi connectivity index (χ0v) is 11.1. The zero-order valence-electron chi connectivity index (χ0n) is 11.1. The molecule has 5 heteroatoms. The SMILES string of the molecule is CO[C@H]1CN(Cc2cn(C)cn2)C[C@@]12CCCO2. The van der Waals surface area contributed by atoms with Crippen LogP contribution >= 0.6 is 0 Å². The lowest BCUT2D eigenvalue weighted by Gasteiger charge is -2.28. The topological polar surface area (TPSA) is 39.5 Å². The second-order valence-electron chi connectivity index (χ2n) is 5.44. The fraction of sp³-hybridized carbons (Fsp3) is 0.769. The lowest BCUT2D eigenvalue weighted by atomic mass is 9.97. The van der Waals surface area contributed by atoms with E-state index in [2.05, 4.69) is 16.1 Å². The molecule has 0 radical (unpaired) electrons. The van der Waals surface area contributed by atoms with Gasteiger partial charge in [0.15, 0.2) is 0 Å². The Morgan fingerprint density at radius 2 is 2.50 bits per heavy atom. The summed E-state index contributed by atoms with van der Waals surface area (Å²) in [5.41, 5.74) is 1.05. The van der Waals surface area contributed by atoms with Crippen LogP contribution in [0.3, 0.4) is 0 Å². The van der Waals surface area contributed by atoms with E-state index in [0.29, 0.717) is 0 Å². The second-order valence-corrected chi connectivity index (χ2v) is 5.44. The van der Waals surface area contributed by atoms with E-state index in [1.54, 1.807) is 7.11 Å². The van der Waals surface area contributed by atoms with Gasteiger partial charge in [-0.15, -0.1) is 0 Å². The van der Waals surface area contributed by atoms with E-state index in [0.717, 1.165) is 44.8 Å². The van der Waals surface area contributed by atoms with Gasteiger partial charge in [-0.25, -0.2) is 4.98 Å². The van der Waals surface area contributed by atoms with Crippen LogP contribution in [-0.2, 0) is 23.1 Å². The van der Waals surface area contributed by atoms with Crippen molar-refractivity contribution in [3.8, 4) is 0 Å². The first kappa shape index (κ1) is 12.1. The first-order valence-electron chi connectivity index (χ1n) is 6.58. The molecule has 2 saturated heterocycles. The molecule has 2 fully saturated rings. The van der Waals surface area contributed by atoms with Crippen molar-refractivity contribution in [1.82, 2.24) is 14.5 Å². The highest BCUT2D eigenvalue weighted by molar-refractivity contribution is 5.05. The number of likely N-dealkylation sites (tertiary alicyclic amines) is 1. The maximum atomic E-state index is 5.99. The van der Waals surface area contributed by atoms with E-state index in [1.807, 2.05) is 17.9 Å². The van der Waals surface area contributed by atoms with Crippen LogP contribution in [0.25, 0.3) is 0 Å². The van der Waals surface area contributed by atoms with Gasteiger partial charge < -0.3 is 14.0 Å². The van der Waals surface area contributed by atoms with Crippen molar-refractivity contribution in [2.24, 2.45) is 7.05 Å². The van der Waals surface area contributed by atoms with Crippen LogP contribution in [0.1, 0.15) is 18.5 Å². The highest BCUT2D eigenvalue weighted by Gasteiger charge is 2.49. The Balaban J connectivity index is 1.69. The molecule has 3 rings (SSSR count). The van der Waals surface area contributed by atoms with E-state index < -0.39 is 0 Å². The van der Waals surface area contributed by atoms with Crippen LogP contribution in [0.4, 0.5) is 0 Å². The molecule has 2 aliphatic rings. The summed E-state index contributed by atoms with van der Waals surface area (Å²) in [4.78, 5) is 6.78. The average molecular weight is 251 g/mol. The van der Waals surface area contributed by atoms with Crippen molar-refractivity contribution >= 4 is 0 Å². The highest BCUT2D eigenvalue weighted by atomic mass is 16.6. The Kier molecular flexibility index (Phi) is 3.13. The molecule has 100 valence electrons.